The first kappa shape index (κ1) is 32.1. The van der Waals surface area contributed by atoms with Crippen LogP contribution in [0.15, 0.2) is 52.3 Å². The highest BCUT2D eigenvalue weighted by Crippen LogP contribution is 2.34. The molecule has 0 aliphatic carbocycles. The van der Waals surface area contributed by atoms with Crippen LogP contribution in [0.5, 0.6) is 0 Å². The van der Waals surface area contributed by atoms with Gasteiger partial charge in [-0.15, -0.1) is 24.2 Å². The van der Waals surface area contributed by atoms with E-state index in [-0.39, 0.29) is 56.0 Å². The number of thiazole rings is 1. The summed E-state index contributed by atoms with van der Waals surface area (Å²) >= 11 is 3.08. The van der Waals surface area contributed by atoms with Gasteiger partial charge >= 0.3 is 6.09 Å². The Morgan fingerprint density at radius 2 is 1.73 bits per heavy atom. The van der Waals surface area contributed by atoms with E-state index in [0.717, 1.165) is 15.1 Å². The highest BCUT2D eigenvalue weighted by Gasteiger charge is 2.31. The molecule has 40 heavy (non-hydrogen) atoms. The van der Waals surface area contributed by atoms with Crippen molar-refractivity contribution >= 4 is 72.9 Å². The van der Waals surface area contributed by atoms with Crippen LogP contribution in [-0.2, 0) is 14.8 Å². The average Bonchev–Trinajstić information content (AvgIpc) is 3.37. The molecule has 1 fully saturated rings. The Morgan fingerprint density at radius 3 is 2.33 bits per heavy atom. The minimum Gasteiger partial charge on any atom is -0.450 e. The number of piperazine rings is 1. The number of para-hydroxylation sites is 1. The number of fused-ring (bicyclic) bond motifs is 1. The lowest BCUT2D eigenvalue weighted by atomic mass is 10.2. The molecule has 1 aliphatic heterocycles. The molecule has 1 aromatic heterocycles. The number of nitrogens with zero attached hydrogens (tertiary/aromatic N) is 5. The molecule has 0 atom stereocenters. The molecule has 0 radical (unpaired) electrons. The molecular weight excluding hydrogens is 594 g/mol. The van der Waals surface area contributed by atoms with Gasteiger partial charge in [0.1, 0.15) is 0 Å². The summed E-state index contributed by atoms with van der Waals surface area (Å²) in [6.45, 7) is 3.95. The minimum absolute atomic E-state index is 0. The van der Waals surface area contributed by atoms with Gasteiger partial charge in [-0.05, 0) is 63.7 Å². The lowest BCUT2D eigenvalue weighted by molar-refractivity contribution is 0.0933. The van der Waals surface area contributed by atoms with E-state index in [9.17, 15) is 18.0 Å². The number of carbonyl (C=O) groups is 2. The van der Waals surface area contributed by atoms with Crippen LogP contribution in [0.3, 0.4) is 0 Å². The van der Waals surface area contributed by atoms with Crippen LogP contribution in [0.25, 0.3) is 10.2 Å². The van der Waals surface area contributed by atoms with E-state index < -0.39 is 16.1 Å². The van der Waals surface area contributed by atoms with Gasteiger partial charge in [0.15, 0.2) is 5.13 Å². The van der Waals surface area contributed by atoms with Crippen molar-refractivity contribution in [3.63, 3.8) is 0 Å². The number of carbonyl (C=O) groups excluding carboxylic acids is 2. The standard InChI is InChI=1S/C26H33N5O5S3.ClH/c1-5-36-26(33)29-14-16-30(17-15-29)39(34,35)20-11-9-19(10-12-20)24(32)31(18-13-28(2)3)25-27-23-21(37-4)7-6-8-22(23)38-25;/h6-12H,5,13-18H2,1-4H3;1H. The maximum absolute atomic E-state index is 13.7. The van der Waals surface area contributed by atoms with E-state index in [4.69, 9.17) is 9.72 Å². The predicted octanol–water partition coefficient (Wildman–Crippen LogP) is 4.11. The van der Waals surface area contributed by atoms with E-state index in [0.29, 0.717) is 23.8 Å². The summed E-state index contributed by atoms with van der Waals surface area (Å²) in [5, 5.41) is 0.606. The highest BCUT2D eigenvalue weighted by molar-refractivity contribution is 7.98. The fourth-order valence-corrected chi connectivity index (χ4v) is 7.24. The molecule has 10 nitrogen and oxygen atoms in total. The van der Waals surface area contributed by atoms with Crippen LogP contribution in [-0.4, -0.2) is 106 Å². The second kappa shape index (κ2) is 14.0. The van der Waals surface area contributed by atoms with Crippen molar-refractivity contribution in [2.24, 2.45) is 0 Å². The number of sulfonamides is 1. The van der Waals surface area contributed by atoms with Gasteiger partial charge in [-0.1, -0.05) is 17.4 Å². The van der Waals surface area contributed by atoms with Crippen molar-refractivity contribution in [2.75, 3.05) is 71.1 Å². The van der Waals surface area contributed by atoms with Crippen molar-refractivity contribution < 1.29 is 22.7 Å². The third-order valence-electron chi connectivity index (χ3n) is 6.34. The van der Waals surface area contributed by atoms with Gasteiger partial charge in [0.2, 0.25) is 10.0 Å². The number of benzene rings is 2. The van der Waals surface area contributed by atoms with Gasteiger partial charge in [0, 0.05) is 49.7 Å². The second-order valence-corrected chi connectivity index (χ2v) is 13.0. The molecule has 0 unspecified atom stereocenters. The number of rotatable bonds is 9. The summed E-state index contributed by atoms with van der Waals surface area (Å²) < 4.78 is 33.9. The number of aromatic nitrogens is 1. The van der Waals surface area contributed by atoms with Gasteiger partial charge in [-0.25, -0.2) is 18.2 Å². The van der Waals surface area contributed by atoms with E-state index in [1.807, 2.05) is 43.5 Å². The molecule has 1 saturated heterocycles. The van der Waals surface area contributed by atoms with Crippen LogP contribution in [0.4, 0.5) is 9.93 Å². The molecule has 2 aromatic carbocycles. The molecule has 4 rings (SSSR count). The van der Waals surface area contributed by atoms with Crippen molar-refractivity contribution in [1.82, 2.24) is 19.1 Å². The molecule has 3 aromatic rings. The maximum Gasteiger partial charge on any atom is 0.409 e. The summed E-state index contributed by atoms with van der Waals surface area (Å²) in [7, 11) is 0.113. The highest BCUT2D eigenvalue weighted by atomic mass is 35.5. The molecule has 2 heterocycles. The van der Waals surface area contributed by atoms with Gasteiger partial charge in [-0.2, -0.15) is 4.31 Å². The van der Waals surface area contributed by atoms with Crippen LogP contribution in [0.2, 0.25) is 0 Å². The number of thioether (sulfide) groups is 1. The third-order valence-corrected chi connectivity index (χ3v) is 10.1. The average molecular weight is 628 g/mol. The first-order valence-corrected chi connectivity index (χ1v) is 16.1. The molecule has 0 bridgehead atoms. The lowest BCUT2D eigenvalue weighted by Crippen LogP contribution is -2.50. The summed E-state index contributed by atoms with van der Waals surface area (Å²) in [6, 6.07) is 12.0. The number of amides is 2. The summed E-state index contributed by atoms with van der Waals surface area (Å²) in [5.74, 6) is -0.242. The molecule has 0 saturated carbocycles. The van der Waals surface area contributed by atoms with Gasteiger partial charge in [0.05, 0.1) is 21.7 Å². The lowest BCUT2D eigenvalue weighted by Gasteiger charge is -2.33. The van der Waals surface area contributed by atoms with E-state index >= 15 is 0 Å². The van der Waals surface area contributed by atoms with Crippen LogP contribution >= 0.6 is 35.5 Å². The fraction of sp³-hybridized carbons (Fsp3) is 0.423. The van der Waals surface area contributed by atoms with Crippen molar-refractivity contribution in [3.05, 3.63) is 48.0 Å². The molecular formula is C26H34ClN5O5S3. The summed E-state index contributed by atoms with van der Waals surface area (Å²) in [5.41, 5.74) is 1.25. The molecule has 218 valence electrons. The van der Waals surface area contributed by atoms with Gasteiger partial charge < -0.3 is 14.5 Å². The maximum atomic E-state index is 13.7. The largest absolute Gasteiger partial charge is 0.450 e. The number of anilines is 1. The Morgan fingerprint density at radius 1 is 1.05 bits per heavy atom. The molecule has 14 heteroatoms. The Balaban J connectivity index is 0.00000441. The summed E-state index contributed by atoms with van der Waals surface area (Å²) in [6.07, 6.45) is 1.56. The normalized spacial score (nSPS) is 14.3. The zero-order valence-electron chi connectivity index (χ0n) is 22.9. The topological polar surface area (TPSA) is 103 Å². The predicted molar refractivity (Wildman–Crippen MR) is 163 cm³/mol. The van der Waals surface area contributed by atoms with Crippen LogP contribution < -0.4 is 4.90 Å². The van der Waals surface area contributed by atoms with Crippen LogP contribution in [0, 0.1) is 0 Å². The number of likely N-dealkylation sites (N-methyl/N-ethyl adjacent to an activating group) is 1. The molecule has 0 N–H and O–H groups in total. The smallest absolute Gasteiger partial charge is 0.409 e. The van der Waals surface area contributed by atoms with E-state index in [2.05, 4.69) is 0 Å². The SMILES string of the molecule is CCOC(=O)N1CCN(S(=O)(=O)c2ccc(C(=O)N(CCN(C)C)c3nc4c(SC)cccc4s3)cc2)CC1.Cl. The van der Waals surface area contributed by atoms with Crippen molar-refractivity contribution in [2.45, 2.75) is 16.7 Å². The van der Waals surface area contributed by atoms with Gasteiger partial charge in [-0.3, -0.25) is 9.69 Å². The number of ether oxygens (including phenoxy) is 1. The van der Waals surface area contributed by atoms with Crippen LogP contribution in [0.1, 0.15) is 17.3 Å². The molecule has 0 spiro atoms. The Labute approximate surface area is 249 Å². The van der Waals surface area contributed by atoms with Crippen molar-refractivity contribution in [3.8, 4) is 0 Å². The number of hydrogen-bond acceptors (Lipinski definition) is 9. The zero-order chi connectivity index (χ0) is 28.2. The van der Waals surface area contributed by atoms with E-state index in [1.54, 1.807) is 35.7 Å². The summed E-state index contributed by atoms with van der Waals surface area (Å²) in [4.78, 5) is 36.7. The van der Waals surface area contributed by atoms with Gasteiger partial charge in [0.25, 0.3) is 5.91 Å². The first-order chi connectivity index (χ1) is 18.6. The zero-order valence-corrected chi connectivity index (χ0v) is 26.2. The Kier molecular flexibility index (Phi) is 11.2. The van der Waals surface area contributed by atoms with Crippen molar-refractivity contribution in [1.29, 1.82) is 0 Å². The molecule has 1 aliphatic rings. The quantitative estimate of drug-likeness (QED) is 0.327. The number of hydrogen-bond donors (Lipinski definition) is 0. The molecule has 2 amide bonds. The second-order valence-electron chi connectivity index (χ2n) is 9.18. The monoisotopic (exact) mass is 627 g/mol. The number of halogens is 1. The third kappa shape index (κ3) is 7.07. The first-order valence-electron chi connectivity index (χ1n) is 12.6. The Hall–Kier alpha value is -2.42. The van der Waals surface area contributed by atoms with E-state index in [1.165, 1.54) is 32.7 Å². The minimum atomic E-state index is -3.77. The fourth-order valence-electron chi connectivity index (χ4n) is 4.18. The Bertz CT molecular complexity index is 1420.